The maximum absolute atomic E-state index is 13.3. The number of benzene rings is 3. The molecular formula is C30H30F3N3O4S. The summed E-state index contributed by atoms with van der Waals surface area (Å²) in [6.07, 6.45) is -4.37. The normalized spacial score (nSPS) is 12.3. The molecule has 0 saturated carbocycles. The van der Waals surface area contributed by atoms with Gasteiger partial charge in [-0.05, 0) is 72.2 Å². The average molecular weight is 586 g/mol. The number of rotatable bonds is 12. The first-order valence-electron chi connectivity index (χ1n) is 13.0. The van der Waals surface area contributed by atoms with Crippen molar-refractivity contribution in [1.82, 2.24) is 10.3 Å². The quantitative estimate of drug-likeness (QED) is 0.179. The van der Waals surface area contributed by atoms with Crippen molar-refractivity contribution in [3.05, 3.63) is 71.9 Å². The molecule has 7 nitrogen and oxygen atoms in total. The number of aryl methyl sites for hydroxylation is 1. The zero-order chi connectivity index (χ0) is 29.6. The maximum atomic E-state index is 13.3. The molecule has 0 unspecified atom stereocenters. The summed E-state index contributed by atoms with van der Waals surface area (Å²) in [5.41, 5.74) is 2.98. The number of Topliss-reactive ketones (excluding diaryl/α,β-unsaturated/α-hetero) is 1. The summed E-state index contributed by atoms with van der Waals surface area (Å²) in [6, 6.07) is 17.7. The molecule has 11 heteroatoms. The van der Waals surface area contributed by atoms with Crippen LogP contribution in [0.5, 0.6) is 5.75 Å². The molecular weight excluding hydrogens is 555 g/mol. The monoisotopic (exact) mass is 585 g/mol. The van der Waals surface area contributed by atoms with E-state index >= 15 is 0 Å². The van der Waals surface area contributed by atoms with E-state index in [4.69, 9.17) is 4.74 Å². The summed E-state index contributed by atoms with van der Waals surface area (Å²) in [7, 11) is 1.56. The van der Waals surface area contributed by atoms with Crippen molar-refractivity contribution < 1.29 is 32.3 Å². The molecule has 1 aromatic heterocycles. The molecule has 3 aromatic carbocycles. The van der Waals surface area contributed by atoms with E-state index in [1.807, 2.05) is 61.5 Å². The summed E-state index contributed by atoms with van der Waals surface area (Å²) in [4.78, 5) is 40.9. The minimum atomic E-state index is -4.87. The van der Waals surface area contributed by atoms with Gasteiger partial charge in [0.1, 0.15) is 11.8 Å². The molecule has 0 spiro atoms. The van der Waals surface area contributed by atoms with Crippen LogP contribution in [-0.2, 0) is 20.8 Å². The number of hydrogen-bond donors (Lipinski definition) is 3. The first-order valence-corrected chi connectivity index (χ1v) is 14.1. The number of alkyl halides is 3. The molecule has 0 aliphatic heterocycles. The molecule has 0 fully saturated rings. The van der Waals surface area contributed by atoms with Crippen LogP contribution in [0, 0.1) is 6.92 Å². The Hall–Kier alpha value is -3.99. The minimum Gasteiger partial charge on any atom is -0.497 e. The summed E-state index contributed by atoms with van der Waals surface area (Å²) in [5.74, 6) is -2.44. The van der Waals surface area contributed by atoms with Crippen molar-refractivity contribution in [2.45, 2.75) is 38.4 Å². The Balaban J connectivity index is 1.45. The lowest BCUT2D eigenvalue weighted by Crippen LogP contribution is -2.44. The number of nitrogens with one attached hydrogen (secondary N) is 3. The van der Waals surface area contributed by atoms with Gasteiger partial charge in [0.15, 0.2) is 0 Å². The highest BCUT2D eigenvalue weighted by Crippen LogP contribution is 2.27. The number of thioether (sulfide) groups is 1. The van der Waals surface area contributed by atoms with E-state index in [0.717, 1.165) is 44.7 Å². The van der Waals surface area contributed by atoms with E-state index in [-0.39, 0.29) is 24.5 Å². The number of carbonyl (C=O) groups excluding carboxylic acids is 3. The molecule has 0 radical (unpaired) electrons. The molecule has 0 bridgehead atoms. The fourth-order valence-electron chi connectivity index (χ4n) is 4.52. The first-order chi connectivity index (χ1) is 19.5. The third-order valence-corrected chi connectivity index (χ3v) is 7.71. The van der Waals surface area contributed by atoms with Gasteiger partial charge in [-0.3, -0.25) is 14.4 Å². The van der Waals surface area contributed by atoms with Crippen molar-refractivity contribution in [2.24, 2.45) is 0 Å². The van der Waals surface area contributed by atoms with Gasteiger partial charge in [-0.15, -0.1) is 0 Å². The lowest BCUT2D eigenvalue weighted by molar-refractivity contribution is -0.167. The average Bonchev–Trinajstić information content (AvgIpc) is 3.25. The number of methoxy groups -OCH3 is 1. The Kier molecular flexibility index (Phi) is 9.59. The number of H-pyrrole nitrogens is 1. The molecule has 1 heterocycles. The minimum absolute atomic E-state index is 0.00753. The van der Waals surface area contributed by atoms with E-state index in [1.165, 1.54) is 0 Å². The van der Waals surface area contributed by atoms with Crippen molar-refractivity contribution in [2.75, 3.05) is 23.9 Å². The molecule has 4 rings (SSSR count). The number of ether oxygens (including phenoxy) is 1. The maximum Gasteiger partial charge on any atom is 0.450 e. The third kappa shape index (κ3) is 7.81. The number of aromatic nitrogens is 1. The number of halogens is 3. The highest BCUT2D eigenvalue weighted by atomic mass is 32.2. The Morgan fingerprint density at radius 2 is 1.78 bits per heavy atom. The molecule has 41 heavy (non-hydrogen) atoms. The number of aromatic amines is 1. The van der Waals surface area contributed by atoms with Gasteiger partial charge in [0.25, 0.3) is 0 Å². The number of hydrogen-bond acceptors (Lipinski definition) is 5. The van der Waals surface area contributed by atoms with E-state index in [0.29, 0.717) is 17.9 Å². The molecule has 0 aliphatic rings. The SMILES string of the molecule is COc1ccc2[nH]c(C)c(CC(=O)N[C@@H](CCCSCC(=O)C(F)(F)F)C(=O)Nc3ccc4ccccc4c3)c2c1. The molecule has 0 aliphatic carbocycles. The van der Waals surface area contributed by atoms with Gasteiger partial charge in [-0.2, -0.15) is 24.9 Å². The van der Waals surface area contributed by atoms with Gasteiger partial charge < -0.3 is 20.4 Å². The second-order valence-electron chi connectivity index (χ2n) is 9.60. The van der Waals surface area contributed by atoms with Crippen LogP contribution in [0.1, 0.15) is 24.1 Å². The van der Waals surface area contributed by atoms with Crippen LogP contribution in [0.3, 0.4) is 0 Å². The van der Waals surface area contributed by atoms with Crippen LogP contribution < -0.4 is 15.4 Å². The number of ketones is 1. The second-order valence-corrected chi connectivity index (χ2v) is 10.7. The predicted octanol–water partition coefficient (Wildman–Crippen LogP) is 5.95. The fourth-order valence-corrected chi connectivity index (χ4v) is 5.39. The zero-order valence-electron chi connectivity index (χ0n) is 22.6. The van der Waals surface area contributed by atoms with Crippen molar-refractivity contribution in [3.8, 4) is 5.75 Å². The van der Waals surface area contributed by atoms with Crippen LogP contribution in [0.2, 0.25) is 0 Å². The summed E-state index contributed by atoms with van der Waals surface area (Å²) in [5, 5.41) is 8.42. The summed E-state index contributed by atoms with van der Waals surface area (Å²) >= 11 is 0.847. The second kappa shape index (κ2) is 13.1. The Morgan fingerprint density at radius 3 is 2.51 bits per heavy atom. The summed E-state index contributed by atoms with van der Waals surface area (Å²) in [6.45, 7) is 1.86. The molecule has 4 aromatic rings. The van der Waals surface area contributed by atoms with Gasteiger partial charge in [-0.1, -0.05) is 30.3 Å². The first kappa shape index (κ1) is 30.0. The number of amides is 2. The van der Waals surface area contributed by atoms with Crippen LogP contribution in [0.4, 0.5) is 18.9 Å². The van der Waals surface area contributed by atoms with Crippen molar-refractivity contribution in [3.63, 3.8) is 0 Å². The third-order valence-electron chi connectivity index (χ3n) is 6.66. The van der Waals surface area contributed by atoms with Crippen LogP contribution in [-0.4, -0.2) is 53.4 Å². The molecule has 2 amide bonds. The molecule has 3 N–H and O–H groups in total. The molecule has 216 valence electrons. The van der Waals surface area contributed by atoms with Crippen LogP contribution in [0.15, 0.2) is 60.7 Å². The van der Waals surface area contributed by atoms with E-state index in [9.17, 15) is 27.6 Å². The van der Waals surface area contributed by atoms with E-state index in [2.05, 4.69) is 15.6 Å². The lowest BCUT2D eigenvalue weighted by atomic mass is 10.1. The van der Waals surface area contributed by atoms with Gasteiger partial charge in [0, 0.05) is 22.3 Å². The number of fused-ring (bicyclic) bond motifs is 2. The highest BCUT2D eigenvalue weighted by Gasteiger charge is 2.37. The van der Waals surface area contributed by atoms with Crippen molar-refractivity contribution in [1.29, 1.82) is 0 Å². The van der Waals surface area contributed by atoms with Gasteiger partial charge in [0.2, 0.25) is 17.6 Å². The zero-order valence-corrected chi connectivity index (χ0v) is 23.4. The van der Waals surface area contributed by atoms with Crippen LogP contribution >= 0.6 is 11.8 Å². The molecule has 0 saturated heterocycles. The van der Waals surface area contributed by atoms with E-state index < -0.39 is 29.7 Å². The highest BCUT2D eigenvalue weighted by molar-refractivity contribution is 7.99. The van der Waals surface area contributed by atoms with E-state index in [1.54, 1.807) is 13.2 Å². The largest absolute Gasteiger partial charge is 0.497 e. The lowest BCUT2D eigenvalue weighted by Gasteiger charge is -2.19. The smallest absolute Gasteiger partial charge is 0.450 e. The number of carbonyl (C=O) groups is 3. The number of anilines is 1. The van der Waals surface area contributed by atoms with Crippen LogP contribution in [0.25, 0.3) is 21.7 Å². The predicted molar refractivity (Wildman–Crippen MR) is 155 cm³/mol. The Morgan fingerprint density at radius 1 is 1.02 bits per heavy atom. The van der Waals surface area contributed by atoms with Gasteiger partial charge in [0.05, 0.1) is 19.3 Å². The summed E-state index contributed by atoms with van der Waals surface area (Å²) < 4.78 is 42.8. The Labute approximate surface area is 239 Å². The topological polar surface area (TPSA) is 100 Å². The van der Waals surface area contributed by atoms with Crippen molar-refractivity contribution >= 4 is 56.7 Å². The van der Waals surface area contributed by atoms with Gasteiger partial charge >= 0.3 is 6.18 Å². The fraction of sp³-hybridized carbons (Fsp3) is 0.300. The Bertz CT molecular complexity index is 1570. The molecule has 1 atom stereocenters. The standard InChI is InChI=1S/C30H30F3N3O4S/c1-18-23(24-15-22(40-2)11-12-25(24)34-18)16-28(38)36-26(8-5-13-41-17-27(37)30(31,32)33)29(39)35-21-10-9-19-6-3-4-7-20(19)14-21/h3-4,6-7,9-12,14-15,26,34H,5,8,13,16-17H2,1-2H3,(H,35,39)(H,36,38)/t26-/m0/s1. The van der Waals surface area contributed by atoms with Gasteiger partial charge in [-0.25, -0.2) is 0 Å².